The third-order valence-corrected chi connectivity index (χ3v) is 4.27. The zero-order chi connectivity index (χ0) is 15.6. The molecule has 1 fully saturated rings. The first-order valence-corrected chi connectivity index (χ1v) is 8.06. The van der Waals surface area contributed by atoms with Gasteiger partial charge >= 0.3 is 0 Å². The predicted molar refractivity (Wildman–Crippen MR) is 88.1 cm³/mol. The van der Waals surface area contributed by atoms with Crippen molar-refractivity contribution in [2.75, 3.05) is 24.7 Å². The first-order chi connectivity index (χ1) is 11.3. The highest BCUT2D eigenvalue weighted by atomic mass is 16.6. The van der Waals surface area contributed by atoms with Crippen LogP contribution in [0.15, 0.2) is 48.5 Å². The second-order valence-corrected chi connectivity index (χ2v) is 5.96. The van der Waals surface area contributed by atoms with Gasteiger partial charge in [0.05, 0.1) is 12.3 Å². The van der Waals surface area contributed by atoms with Gasteiger partial charge in [-0.3, -0.25) is 4.79 Å². The summed E-state index contributed by atoms with van der Waals surface area (Å²) in [5.74, 6) is 0.812. The van der Waals surface area contributed by atoms with Crippen LogP contribution >= 0.6 is 0 Å². The summed E-state index contributed by atoms with van der Waals surface area (Å²) in [6.07, 6.45) is 2.15. The van der Waals surface area contributed by atoms with E-state index >= 15 is 0 Å². The number of epoxide rings is 1. The molecule has 0 aliphatic carbocycles. The molecule has 0 bridgehead atoms. The number of ether oxygens (including phenoxy) is 2. The number of benzene rings is 2. The molecular weight excluding hydrogens is 290 g/mol. The summed E-state index contributed by atoms with van der Waals surface area (Å²) in [5, 5.41) is 0. The molecule has 4 nitrogen and oxygen atoms in total. The second kappa shape index (κ2) is 6.05. The molecule has 23 heavy (non-hydrogen) atoms. The molecule has 0 N–H and O–H groups in total. The van der Waals surface area contributed by atoms with Gasteiger partial charge in [0, 0.05) is 12.1 Å². The molecule has 1 saturated heterocycles. The molecular formula is C19H19NO3. The summed E-state index contributed by atoms with van der Waals surface area (Å²) in [4.78, 5) is 14.8. The molecule has 0 spiro atoms. The van der Waals surface area contributed by atoms with Gasteiger partial charge in [0.25, 0.3) is 5.91 Å². The molecule has 2 aromatic carbocycles. The molecule has 1 amide bonds. The maximum Gasteiger partial charge on any atom is 0.258 e. The summed E-state index contributed by atoms with van der Waals surface area (Å²) in [6, 6.07) is 15.5. The van der Waals surface area contributed by atoms with Crippen LogP contribution in [0.25, 0.3) is 0 Å². The summed E-state index contributed by atoms with van der Waals surface area (Å²) >= 11 is 0. The second-order valence-electron chi connectivity index (χ2n) is 5.96. The first kappa shape index (κ1) is 14.3. The van der Waals surface area contributed by atoms with Gasteiger partial charge in [0.15, 0.2) is 0 Å². The number of amides is 1. The Labute approximate surface area is 135 Å². The lowest BCUT2D eigenvalue weighted by atomic mass is 10.00. The van der Waals surface area contributed by atoms with Crippen LogP contribution < -0.4 is 9.64 Å². The zero-order valence-corrected chi connectivity index (χ0v) is 12.9. The lowest BCUT2D eigenvalue weighted by Crippen LogP contribution is -2.36. The average molecular weight is 309 g/mol. The van der Waals surface area contributed by atoms with Gasteiger partial charge in [-0.1, -0.05) is 30.3 Å². The van der Waals surface area contributed by atoms with E-state index in [9.17, 15) is 4.79 Å². The summed E-state index contributed by atoms with van der Waals surface area (Å²) < 4.78 is 11.1. The van der Waals surface area contributed by atoms with Crippen molar-refractivity contribution in [3.8, 4) is 5.75 Å². The summed E-state index contributed by atoms with van der Waals surface area (Å²) in [6.45, 7) is 2.03. The Bertz CT molecular complexity index is 710. The van der Waals surface area contributed by atoms with Crippen molar-refractivity contribution >= 4 is 11.6 Å². The molecule has 4 heteroatoms. The lowest BCUT2D eigenvalue weighted by molar-refractivity contribution is 0.0984. The topological polar surface area (TPSA) is 42.1 Å². The number of hydrogen-bond acceptors (Lipinski definition) is 3. The van der Waals surface area contributed by atoms with E-state index < -0.39 is 0 Å². The molecule has 2 heterocycles. The van der Waals surface area contributed by atoms with Gasteiger partial charge in [-0.25, -0.2) is 0 Å². The monoisotopic (exact) mass is 309 g/mol. The Kier molecular flexibility index (Phi) is 3.75. The fraction of sp³-hybridized carbons (Fsp3) is 0.316. The minimum atomic E-state index is 0.0327. The molecule has 2 aliphatic rings. The van der Waals surface area contributed by atoms with Crippen molar-refractivity contribution in [2.45, 2.75) is 18.9 Å². The SMILES string of the molecule is O=C(c1ccccc1)N1CCCc2cccc(OCC3CO3)c21. The number of nitrogens with zero attached hydrogens (tertiary/aromatic N) is 1. The Balaban J connectivity index is 1.67. The summed E-state index contributed by atoms with van der Waals surface area (Å²) in [7, 11) is 0. The van der Waals surface area contributed by atoms with Crippen LogP contribution in [-0.4, -0.2) is 31.8 Å². The first-order valence-electron chi connectivity index (χ1n) is 8.06. The minimum absolute atomic E-state index is 0.0327. The van der Waals surface area contributed by atoms with E-state index in [1.54, 1.807) is 0 Å². The van der Waals surface area contributed by atoms with Gasteiger partial charge in [0.1, 0.15) is 18.5 Å². The molecule has 0 aromatic heterocycles. The fourth-order valence-corrected chi connectivity index (χ4v) is 3.02. The number of aryl methyl sites for hydroxylation is 1. The standard InChI is InChI=1S/C19H19NO3/c21-19(15-6-2-1-3-7-15)20-11-5-9-14-8-4-10-17(18(14)20)23-13-16-12-22-16/h1-4,6-8,10,16H,5,9,11-13H2. The molecule has 0 radical (unpaired) electrons. The maximum atomic E-state index is 12.9. The highest BCUT2D eigenvalue weighted by molar-refractivity contribution is 6.07. The van der Waals surface area contributed by atoms with Crippen molar-refractivity contribution in [1.82, 2.24) is 0 Å². The largest absolute Gasteiger partial charge is 0.489 e. The van der Waals surface area contributed by atoms with Crippen LogP contribution in [0, 0.1) is 0 Å². The van der Waals surface area contributed by atoms with Crippen molar-refractivity contribution < 1.29 is 14.3 Å². The third kappa shape index (κ3) is 2.94. The number of carbonyl (C=O) groups is 1. The van der Waals surface area contributed by atoms with Crippen LogP contribution in [0.1, 0.15) is 22.3 Å². The minimum Gasteiger partial charge on any atom is -0.489 e. The van der Waals surface area contributed by atoms with E-state index in [0.717, 1.165) is 37.4 Å². The number of carbonyl (C=O) groups excluding carboxylic acids is 1. The quantitative estimate of drug-likeness (QED) is 0.815. The van der Waals surface area contributed by atoms with E-state index in [1.807, 2.05) is 47.4 Å². The molecule has 1 unspecified atom stereocenters. The lowest BCUT2D eigenvalue weighted by Gasteiger charge is -2.31. The third-order valence-electron chi connectivity index (χ3n) is 4.27. The van der Waals surface area contributed by atoms with Crippen LogP contribution in [0.4, 0.5) is 5.69 Å². The van der Waals surface area contributed by atoms with Crippen LogP contribution in [0.3, 0.4) is 0 Å². The van der Waals surface area contributed by atoms with Crippen molar-refractivity contribution in [1.29, 1.82) is 0 Å². The van der Waals surface area contributed by atoms with Crippen molar-refractivity contribution in [3.63, 3.8) is 0 Å². The highest BCUT2D eigenvalue weighted by Crippen LogP contribution is 2.37. The number of fused-ring (bicyclic) bond motifs is 1. The van der Waals surface area contributed by atoms with Crippen molar-refractivity contribution in [2.24, 2.45) is 0 Å². The number of para-hydroxylation sites is 1. The molecule has 1 atom stereocenters. The Morgan fingerprint density at radius 1 is 1.17 bits per heavy atom. The van der Waals surface area contributed by atoms with Crippen LogP contribution in [0.5, 0.6) is 5.75 Å². The van der Waals surface area contributed by atoms with E-state index in [1.165, 1.54) is 5.56 Å². The van der Waals surface area contributed by atoms with Crippen LogP contribution in [0.2, 0.25) is 0 Å². The van der Waals surface area contributed by atoms with Gasteiger partial charge in [-0.2, -0.15) is 0 Å². The Hall–Kier alpha value is -2.33. The highest BCUT2D eigenvalue weighted by Gasteiger charge is 2.28. The predicted octanol–water partition coefficient (Wildman–Crippen LogP) is 3.06. The van der Waals surface area contributed by atoms with Gasteiger partial charge in [-0.05, 0) is 36.6 Å². The van der Waals surface area contributed by atoms with Gasteiger partial charge in [-0.15, -0.1) is 0 Å². The molecule has 2 aliphatic heterocycles. The van der Waals surface area contributed by atoms with E-state index in [-0.39, 0.29) is 12.0 Å². The molecule has 4 rings (SSSR count). The normalized spacial score (nSPS) is 19.1. The van der Waals surface area contributed by atoms with Crippen molar-refractivity contribution in [3.05, 3.63) is 59.7 Å². The van der Waals surface area contributed by atoms with Gasteiger partial charge in [0.2, 0.25) is 0 Å². The molecule has 2 aromatic rings. The number of anilines is 1. The smallest absolute Gasteiger partial charge is 0.258 e. The maximum absolute atomic E-state index is 12.9. The fourth-order valence-electron chi connectivity index (χ4n) is 3.02. The van der Waals surface area contributed by atoms with Crippen LogP contribution in [-0.2, 0) is 11.2 Å². The Morgan fingerprint density at radius 3 is 2.78 bits per heavy atom. The van der Waals surface area contributed by atoms with E-state index in [0.29, 0.717) is 12.2 Å². The summed E-state index contributed by atoms with van der Waals surface area (Å²) in [5.41, 5.74) is 2.81. The van der Waals surface area contributed by atoms with E-state index in [2.05, 4.69) is 6.07 Å². The van der Waals surface area contributed by atoms with Gasteiger partial charge < -0.3 is 14.4 Å². The Morgan fingerprint density at radius 2 is 2.00 bits per heavy atom. The van der Waals surface area contributed by atoms with E-state index in [4.69, 9.17) is 9.47 Å². The number of rotatable bonds is 4. The average Bonchev–Trinajstić information content (AvgIpc) is 3.44. The molecule has 0 saturated carbocycles. The zero-order valence-electron chi connectivity index (χ0n) is 12.9. The number of hydrogen-bond donors (Lipinski definition) is 0. The molecule has 118 valence electrons.